The van der Waals surface area contributed by atoms with Gasteiger partial charge in [0.05, 0.1) is 17.6 Å². The first-order valence-electron chi connectivity index (χ1n) is 7.47. The van der Waals surface area contributed by atoms with Gasteiger partial charge in [0.1, 0.15) is 5.82 Å². The molecule has 1 aliphatic rings. The normalized spacial score (nSPS) is 14.0. The van der Waals surface area contributed by atoms with E-state index in [1.165, 1.54) is 11.3 Å². The summed E-state index contributed by atoms with van der Waals surface area (Å²) in [6.45, 7) is 2.90. The molecule has 2 aromatic carbocycles. The van der Waals surface area contributed by atoms with E-state index in [0.29, 0.717) is 0 Å². The molecule has 22 heavy (non-hydrogen) atoms. The number of allylic oxidation sites excluding steroid dienone is 2. The predicted octanol–water partition coefficient (Wildman–Crippen LogP) is 3.97. The van der Waals surface area contributed by atoms with Gasteiger partial charge in [-0.2, -0.15) is 0 Å². The van der Waals surface area contributed by atoms with Crippen LogP contribution in [0.15, 0.2) is 66.9 Å². The van der Waals surface area contributed by atoms with Gasteiger partial charge < -0.3 is 5.32 Å². The maximum absolute atomic E-state index is 4.89. The largest absolute Gasteiger partial charge is 0.385 e. The van der Waals surface area contributed by atoms with Crippen LogP contribution in [-0.4, -0.2) is 16.1 Å². The molecular formula is C19H17N3. The topological polar surface area (TPSA) is 29.9 Å². The van der Waals surface area contributed by atoms with Gasteiger partial charge in [0, 0.05) is 11.3 Å². The van der Waals surface area contributed by atoms with E-state index in [1.807, 2.05) is 18.3 Å². The number of benzene rings is 2. The second kappa shape index (κ2) is 5.19. The first-order chi connectivity index (χ1) is 10.8. The quantitative estimate of drug-likeness (QED) is 0.773. The molecule has 0 amide bonds. The maximum Gasteiger partial charge on any atom is 0.145 e. The number of rotatable bonds is 2. The van der Waals surface area contributed by atoms with E-state index in [1.54, 1.807) is 0 Å². The maximum atomic E-state index is 4.89. The highest BCUT2D eigenvalue weighted by atomic mass is 15.1. The lowest BCUT2D eigenvalue weighted by Crippen LogP contribution is -2.16. The summed E-state index contributed by atoms with van der Waals surface area (Å²) < 4.78 is 2.25. The average Bonchev–Trinajstić information content (AvgIpc) is 2.95. The minimum absolute atomic E-state index is 0.801. The molecule has 0 radical (unpaired) electrons. The van der Waals surface area contributed by atoms with Crippen LogP contribution in [0.4, 0.5) is 0 Å². The van der Waals surface area contributed by atoms with E-state index in [4.69, 9.17) is 4.98 Å². The van der Waals surface area contributed by atoms with Crippen LogP contribution in [0.2, 0.25) is 0 Å². The summed E-state index contributed by atoms with van der Waals surface area (Å²) in [5.74, 6) is 0.990. The zero-order chi connectivity index (χ0) is 14.9. The molecule has 3 heteroatoms. The number of nitrogens with zero attached hydrogens (tertiary/aromatic N) is 2. The van der Waals surface area contributed by atoms with Crippen LogP contribution in [0.1, 0.15) is 5.56 Å². The third-order valence-corrected chi connectivity index (χ3v) is 3.92. The molecular weight excluding hydrogens is 270 g/mol. The molecule has 108 valence electrons. The molecule has 0 aliphatic carbocycles. The van der Waals surface area contributed by atoms with Crippen molar-refractivity contribution in [3.05, 3.63) is 72.4 Å². The molecule has 1 aromatic heterocycles. The number of hydrogen-bond donors (Lipinski definition) is 1. The molecule has 3 aromatic rings. The first kappa shape index (κ1) is 12.9. The fourth-order valence-electron chi connectivity index (χ4n) is 2.87. The Morgan fingerprint density at radius 3 is 2.73 bits per heavy atom. The van der Waals surface area contributed by atoms with Crippen LogP contribution in [-0.2, 0) is 0 Å². The van der Waals surface area contributed by atoms with Crippen LogP contribution in [0.25, 0.3) is 28.1 Å². The monoisotopic (exact) mass is 287 g/mol. The molecule has 0 atom stereocenters. The van der Waals surface area contributed by atoms with Crippen molar-refractivity contribution < 1.29 is 0 Å². The highest BCUT2D eigenvalue weighted by molar-refractivity contribution is 5.86. The number of fused-ring (bicyclic) bond motifs is 1. The molecule has 4 rings (SSSR count). The Morgan fingerprint density at radius 2 is 1.95 bits per heavy atom. The summed E-state index contributed by atoms with van der Waals surface area (Å²) in [6, 6.07) is 16.8. The minimum atomic E-state index is 0.801. The van der Waals surface area contributed by atoms with Crippen LogP contribution in [0.3, 0.4) is 0 Å². The second-order valence-electron chi connectivity index (χ2n) is 5.53. The summed E-state index contributed by atoms with van der Waals surface area (Å²) in [5, 5.41) is 3.28. The van der Waals surface area contributed by atoms with E-state index in [9.17, 15) is 0 Å². The van der Waals surface area contributed by atoms with E-state index in [2.05, 4.69) is 65.3 Å². The molecule has 3 nitrogen and oxygen atoms in total. The average molecular weight is 287 g/mol. The molecule has 2 heterocycles. The van der Waals surface area contributed by atoms with Gasteiger partial charge in [-0.25, -0.2) is 4.98 Å². The zero-order valence-electron chi connectivity index (χ0n) is 12.5. The lowest BCUT2D eigenvalue weighted by molar-refractivity contribution is 0.927. The number of aryl methyl sites for hydroxylation is 1. The third kappa shape index (κ3) is 2.11. The highest BCUT2D eigenvalue weighted by Crippen LogP contribution is 2.29. The van der Waals surface area contributed by atoms with E-state index < -0.39 is 0 Å². The van der Waals surface area contributed by atoms with Crippen molar-refractivity contribution in [1.29, 1.82) is 0 Å². The van der Waals surface area contributed by atoms with Gasteiger partial charge in [0.15, 0.2) is 0 Å². The lowest BCUT2D eigenvalue weighted by Gasteiger charge is -2.16. The number of aromatic nitrogens is 2. The molecule has 1 aliphatic heterocycles. The molecule has 1 N–H and O–H groups in total. The number of dihydropyridines is 1. The third-order valence-electron chi connectivity index (χ3n) is 3.92. The van der Waals surface area contributed by atoms with Crippen molar-refractivity contribution in [2.24, 2.45) is 0 Å². The fraction of sp³-hybridized carbons (Fsp3) is 0.105. The Kier molecular flexibility index (Phi) is 3.04. The van der Waals surface area contributed by atoms with E-state index in [-0.39, 0.29) is 0 Å². The molecule has 0 spiro atoms. The Balaban J connectivity index is 2.02. The van der Waals surface area contributed by atoms with Gasteiger partial charge in [0.25, 0.3) is 0 Å². The number of hydrogen-bond acceptors (Lipinski definition) is 2. The Morgan fingerprint density at radius 1 is 1.09 bits per heavy atom. The van der Waals surface area contributed by atoms with Crippen LogP contribution >= 0.6 is 0 Å². The second-order valence-corrected chi connectivity index (χ2v) is 5.53. The van der Waals surface area contributed by atoms with Crippen LogP contribution in [0.5, 0.6) is 0 Å². The van der Waals surface area contributed by atoms with Crippen molar-refractivity contribution in [2.75, 3.05) is 6.54 Å². The molecule has 0 bridgehead atoms. The van der Waals surface area contributed by atoms with Gasteiger partial charge >= 0.3 is 0 Å². The highest BCUT2D eigenvalue weighted by Gasteiger charge is 2.16. The summed E-state index contributed by atoms with van der Waals surface area (Å²) in [4.78, 5) is 4.89. The van der Waals surface area contributed by atoms with Crippen molar-refractivity contribution >= 4 is 16.7 Å². The number of nitrogens with one attached hydrogen (secondary N) is 1. The van der Waals surface area contributed by atoms with Crippen LogP contribution < -0.4 is 5.32 Å². The first-order valence-corrected chi connectivity index (χ1v) is 7.47. The standard InChI is InChI=1S/C19H17N3/c1-14-9-10-18-17(12-14)21-19(15-6-3-2-4-7-15)22(18)16-8-5-11-20-13-16/h2-12,20H,13H2,1H3. The van der Waals surface area contributed by atoms with Gasteiger partial charge in [0.2, 0.25) is 0 Å². The van der Waals surface area contributed by atoms with Crippen LogP contribution in [0, 0.1) is 6.92 Å². The summed E-state index contributed by atoms with van der Waals surface area (Å²) >= 11 is 0. The predicted molar refractivity (Wildman–Crippen MR) is 91.3 cm³/mol. The van der Waals surface area contributed by atoms with Gasteiger partial charge in [-0.15, -0.1) is 0 Å². The van der Waals surface area contributed by atoms with Gasteiger partial charge in [-0.3, -0.25) is 4.57 Å². The summed E-state index contributed by atoms with van der Waals surface area (Å²) in [7, 11) is 0. The fourth-order valence-corrected chi connectivity index (χ4v) is 2.87. The van der Waals surface area contributed by atoms with Crippen molar-refractivity contribution in [2.45, 2.75) is 6.92 Å². The molecule has 0 saturated heterocycles. The molecule has 0 fully saturated rings. The Bertz CT molecular complexity index is 886. The van der Waals surface area contributed by atoms with E-state index >= 15 is 0 Å². The van der Waals surface area contributed by atoms with E-state index in [0.717, 1.165) is 29.0 Å². The summed E-state index contributed by atoms with van der Waals surface area (Å²) in [6.07, 6.45) is 6.15. The van der Waals surface area contributed by atoms with Gasteiger partial charge in [-0.1, -0.05) is 36.4 Å². The van der Waals surface area contributed by atoms with Crippen molar-refractivity contribution in [1.82, 2.24) is 14.9 Å². The Labute approximate surface area is 129 Å². The molecule has 0 saturated carbocycles. The zero-order valence-corrected chi connectivity index (χ0v) is 12.5. The SMILES string of the molecule is Cc1ccc2c(c1)nc(-c1ccccc1)n2C1=CC=CNC1. The lowest BCUT2D eigenvalue weighted by atomic mass is 10.2. The van der Waals surface area contributed by atoms with Crippen molar-refractivity contribution in [3.8, 4) is 11.4 Å². The Hall–Kier alpha value is -2.81. The van der Waals surface area contributed by atoms with Gasteiger partial charge in [-0.05, 0) is 43.0 Å². The minimum Gasteiger partial charge on any atom is -0.385 e. The van der Waals surface area contributed by atoms with Crippen molar-refractivity contribution in [3.63, 3.8) is 0 Å². The number of imidazole rings is 1. The molecule has 0 unspecified atom stereocenters. The smallest absolute Gasteiger partial charge is 0.145 e. The summed E-state index contributed by atoms with van der Waals surface area (Å²) in [5.41, 5.74) is 5.74.